The van der Waals surface area contributed by atoms with Gasteiger partial charge in [0.2, 0.25) is 5.91 Å². The standard InChI is InChI=1S/C28H30N6O2/c1-36-25-14-12-24(13-15-25)34-27(29-30-31-34)21-32-16-18-33(19-17-32)28(35)20-26(22-8-4-2-5-9-22)23-10-6-3-7-11-23/h2-15,26H,16-21H2,1H3. The topological polar surface area (TPSA) is 76.4 Å². The van der Waals surface area contributed by atoms with E-state index in [1.165, 1.54) is 11.1 Å². The highest BCUT2D eigenvalue weighted by molar-refractivity contribution is 5.78. The third-order valence-corrected chi connectivity index (χ3v) is 6.72. The van der Waals surface area contributed by atoms with Crippen LogP contribution in [0.25, 0.3) is 5.69 Å². The highest BCUT2D eigenvalue weighted by Gasteiger charge is 2.26. The Balaban J connectivity index is 1.20. The summed E-state index contributed by atoms with van der Waals surface area (Å²) < 4.78 is 6.99. The van der Waals surface area contributed by atoms with E-state index in [9.17, 15) is 4.79 Å². The van der Waals surface area contributed by atoms with Gasteiger partial charge in [0.15, 0.2) is 5.82 Å². The maximum atomic E-state index is 13.3. The monoisotopic (exact) mass is 482 g/mol. The summed E-state index contributed by atoms with van der Waals surface area (Å²) in [6.45, 7) is 3.57. The Morgan fingerprint density at radius 3 is 2.06 bits per heavy atom. The summed E-state index contributed by atoms with van der Waals surface area (Å²) >= 11 is 0. The molecule has 0 spiro atoms. The lowest BCUT2D eigenvalue weighted by molar-refractivity contribution is -0.133. The zero-order chi connectivity index (χ0) is 24.7. The molecule has 3 aromatic carbocycles. The van der Waals surface area contributed by atoms with Gasteiger partial charge >= 0.3 is 0 Å². The number of hydrogen-bond acceptors (Lipinski definition) is 6. The number of piperazine rings is 1. The van der Waals surface area contributed by atoms with Crippen LogP contribution in [-0.2, 0) is 11.3 Å². The predicted molar refractivity (Wildman–Crippen MR) is 137 cm³/mol. The highest BCUT2D eigenvalue weighted by atomic mass is 16.5. The van der Waals surface area contributed by atoms with E-state index in [1.807, 2.05) is 65.6 Å². The molecule has 1 aromatic heterocycles. The van der Waals surface area contributed by atoms with Gasteiger partial charge in [-0.2, -0.15) is 4.68 Å². The van der Waals surface area contributed by atoms with Crippen LogP contribution in [0.5, 0.6) is 5.75 Å². The molecule has 2 heterocycles. The van der Waals surface area contributed by atoms with Crippen molar-refractivity contribution in [2.24, 2.45) is 0 Å². The van der Waals surface area contributed by atoms with E-state index in [1.54, 1.807) is 11.8 Å². The van der Waals surface area contributed by atoms with E-state index in [0.29, 0.717) is 26.1 Å². The van der Waals surface area contributed by atoms with Crippen LogP contribution in [0.2, 0.25) is 0 Å². The number of hydrogen-bond donors (Lipinski definition) is 0. The van der Waals surface area contributed by atoms with Crippen molar-refractivity contribution in [3.05, 3.63) is 102 Å². The Bertz CT molecular complexity index is 1210. The molecule has 5 rings (SSSR count). The molecule has 36 heavy (non-hydrogen) atoms. The largest absolute Gasteiger partial charge is 0.497 e. The van der Waals surface area contributed by atoms with Gasteiger partial charge in [-0.05, 0) is 45.8 Å². The molecule has 1 saturated heterocycles. The fourth-order valence-corrected chi connectivity index (χ4v) is 4.69. The second kappa shape index (κ2) is 11.1. The van der Waals surface area contributed by atoms with Crippen LogP contribution in [0.4, 0.5) is 0 Å². The molecule has 0 N–H and O–H groups in total. The van der Waals surface area contributed by atoms with Crippen molar-refractivity contribution < 1.29 is 9.53 Å². The molecule has 1 aliphatic rings. The van der Waals surface area contributed by atoms with Crippen molar-refractivity contribution in [2.75, 3.05) is 33.3 Å². The molecule has 0 bridgehead atoms. The van der Waals surface area contributed by atoms with Crippen molar-refractivity contribution in [3.63, 3.8) is 0 Å². The zero-order valence-electron chi connectivity index (χ0n) is 20.4. The number of tetrazole rings is 1. The summed E-state index contributed by atoms with van der Waals surface area (Å²) in [4.78, 5) is 17.6. The summed E-state index contributed by atoms with van der Waals surface area (Å²) in [5.41, 5.74) is 3.22. The second-order valence-electron chi connectivity index (χ2n) is 8.94. The zero-order valence-corrected chi connectivity index (χ0v) is 20.4. The maximum Gasteiger partial charge on any atom is 0.223 e. The molecule has 8 heteroatoms. The van der Waals surface area contributed by atoms with E-state index in [4.69, 9.17) is 4.74 Å². The molecular formula is C28H30N6O2. The van der Waals surface area contributed by atoms with Crippen molar-refractivity contribution in [3.8, 4) is 11.4 Å². The van der Waals surface area contributed by atoms with Gasteiger partial charge in [-0.25, -0.2) is 0 Å². The first-order chi connectivity index (χ1) is 17.7. The SMILES string of the molecule is COc1ccc(-n2nnnc2CN2CCN(C(=O)CC(c3ccccc3)c3ccccc3)CC2)cc1. The first kappa shape index (κ1) is 23.7. The molecule has 1 amide bonds. The summed E-state index contributed by atoms with van der Waals surface area (Å²) in [5, 5.41) is 12.3. The van der Waals surface area contributed by atoms with E-state index < -0.39 is 0 Å². The fraction of sp³-hybridized carbons (Fsp3) is 0.286. The number of rotatable bonds is 8. The second-order valence-corrected chi connectivity index (χ2v) is 8.94. The molecule has 1 fully saturated rings. The van der Waals surface area contributed by atoms with Crippen LogP contribution in [0, 0.1) is 0 Å². The first-order valence-corrected chi connectivity index (χ1v) is 12.2. The molecule has 0 aliphatic carbocycles. The number of methoxy groups -OCH3 is 1. The molecule has 0 atom stereocenters. The summed E-state index contributed by atoms with van der Waals surface area (Å²) in [6.07, 6.45) is 0.462. The summed E-state index contributed by atoms with van der Waals surface area (Å²) in [6, 6.07) is 28.2. The lowest BCUT2D eigenvalue weighted by Crippen LogP contribution is -2.48. The van der Waals surface area contributed by atoms with Crippen molar-refractivity contribution in [1.82, 2.24) is 30.0 Å². The Kier molecular flexibility index (Phi) is 7.33. The molecule has 1 aliphatic heterocycles. The van der Waals surface area contributed by atoms with Crippen LogP contribution in [-0.4, -0.2) is 69.2 Å². The molecule has 0 unspecified atom stereocenters. The van der Waals surface area contributed by atoms with E-state index in [0.717, 1.165) is 30.4 Å². The molecular weight excluding hydrogens is 452 g/mol. The van der Waals surface area contributed by atoms with Gasteiger partial charge < -0.3 is 9.64 Å². The molecule has 8 nitrogen and oxygen atoms in total. The lowest BCUT2D eigenvalue weighted by atomic mass is 9.88. The minimum absolute atomic E-state index is 0.0482. The summed E-state index contributed by atoms with van der Waals surface area (Å²) in [7, 11) is 1.64. The number of ether oxygens (including phenoxy) is 1. The minimum Gasteiger partial charge on any atom is -0.497 e. The van der Waals surface area contributed by atoms with Gasteiger partial charge in [-0.1, -0.05) is 60.7 Å². The predicted octanol–water partition coefficient (Wildman–Crippen LogP) is 3.54. The Labute approximate surface area is 211 Å². The van der Waals surface area contributed by atoms with Crippen molar-refractivity contribution in [1.29, 1.82) is 0 Å². The van der Waals surface area contributed by atoms with Crippen LogP contribution >= 0.6 is 0 Å². The van der Waals surface area contributed by atoms with Gasteiger partial charge in [-0.15, -0.1) is 5.10 Å². The van der Waals surface area contributed by atoms with Gasteiger partial charge in [-0.3, -0.25) is 9.69 Å². The fourth-order valence-electron chi connectivity index (χ4n) is 4.69. The van der Waals surface area contributed by atoms with Crippen molar-refractivity contribution in [2.45, 2.75) is 18.9 Å². The Hall–Kier alpha value is -4.04. The van der Waals surface area contributed by atoms with Gasteiger partial charge in [0.05, 0.1) is 19.3 Å². The Morgan fingerprint density at radius 2 is 1.47 bits per heavy atom. The van der Waals surface area contributed by atoms with Crippen molar-refractivity contribution >= 4 is 5.91 Å². The number of carbonyl (C=O) groups is 1. The third kappa shape index (κ3) is 5.44. The van der Waals surface area contributed by atoms with Crippen LogP contribution in [0.15, 0.2) is 84.9 Å². The van der Waals surface area contributed by atoms with E-state index >= 15 is 0 Å². The van der Waals surface area contributed by atoms with Crippen LogP contribution < -0.4 is 4.74 Å². The first-order valence-electron chi connectivity index (χ1n) is 12.2. The molecule has 0 saturated carbocycles. The highest BCUT2D eigenvalue weighted by Crippen LogP contribution is 2.29. The van der Waals surface area contributed by atoms with E-state index in [-0.39, 0.29) is 11.8 Å². The summed E-state index contributed by atoms with van der Waals surface area (Å²) in [5.74, 6) is 1.80. The molecule has 184 valence electrons. The number of nitrogens with zero attached hydrogens (tertiary/aromatic N) is 6. The smallest absolute Gasteiger partial charge is 0.223 e. The average molecular weight is 483 g/mol. The van der Waals surface area contributed by atoms with E-state index in [2.05, 4.69) is 44.7 Å². The lowest BCUT2D eigenvalue weighted by Gasteiger charge is -2.35. The number of benzene rings is 3. The van der Waals surface area contributed by atoms with Gasteiger partial charge in [0.25, 0.3) is 0 Å². The maximum absolute atomic E-state index is 13.3. The van der Waals surface area contributed by atoms with Gasteiger partial charge in [0, 0.05) is 38.5 Å². The molecule has 0 radical (unpaired) electrons. The number of amides is 1. The van der Waals surface area contributed by atoms with Crippen LogP contribution in [0.1, 0.15) is 29.3 Å². The average Bonchev–Trinajstić information content (AvgIpc) is 3.41. The minimum atomic E-state index is 0.0482. The normalized spacial score (nSPS) is 14.2. The number of carbonyl (C=O) groups excluding carboxylic acids is 1. The Morgan fingerprint density at radius 1 is 0.861 bits per heavy atom. The van der Waals surface area contributed by atoms with Gasteiger partial charge in [0.1, 0.15) is 5.75 Å². The molecule has 4 aromatic rings. The quantitative estimate of drug-likeness (QED) is 0.382. The third-order valence-electron chi connectivity index (χ3n) is 6.72. The van der Waals surface area contributed by atoms with Crippen LogP contribution in [0.3, 0.4) is 0 Å². The number of aromatic nitrogens is 4.